The summed E-state index contributed by atoms with van der Waals surface area (Å²) in [6.07, 6.45) is -0.0169. The lowest BCUT2D eigenvalue weighted by molar-refractivity contribution is -0.384. The Balaban J connectivity index is 1.60. The molecule has 0 saturated heterocycles. The minimum absolute atomic E-state index is 0.0510. The lowest BCUT2D eigenvalue weighted by atomic mass is 9.93. The number of nitrogens with one attached hydrogen (secondary N) is 1. The number of carbonyl (C=O) groups is 2. The van der Waals surface area contributed by atoms with Crippen LogP contribution >= 0.6 is 0 Å². The fourth-order valence-electron chi connectivity index (χ4n) is 3.48. The Morgan fingerprint density at radius 2 is 1.90 bits per heavy atom. The van der Waals surface area contributed by atoms with Crippen molar-refractivity contribution in [3.05, 3.63) is 99.1 Å². The molecule has 3 aromatic carbocycles. The predicted molar refractivity (Wildman–Crippen MR) is 112 cm³/mol. The number of hydrogen-bond donors (Lipinski definition) is 1. The van der Waals surface area contributed by atoms with Gasteiger partial charge in [0.2, 0.25) is 0 Å². The molecule has 0 spiro atoms. The summed E-state index contributed by atoms with van der Waals surface area (Å²) in [5.74, 6) is -0.664. The van der Waals surface area contributed by atoms with Crippen molar-refractivity contribution in [1.29, 1.82) is 0 Å². The van der Waals surface area contributed by atoms with Gasteiger partial charge in [0.15, 0.2) is 0 Å². The Bertz CT molecular complexity index is 1180. The number of anilines is 1. The number of amides is 1. The van der Waals surface area contributed by atoms with Gasteiger partial charge in [-0.25, -0.2) is 4.79 Å². The van der Waals surface area contributed by atoms with E-state index in [0.717, 1.165) is 5.56 Å². The Kier molecular flexibility index (Phi) is 5.36. The van der Waals surface area contributed by atoms with E-state index in [4.69, 9.17) is 9.47 Å². The zero-order chi connectivity index (χ0) is 22.0. The first-order valence-electron chi connectivity index (χ1n) is 9.49. The predicted octanol–water partition coefficient (Wildman–Crippen LogP) is 4.31. The van der Waals surface area contributed by atoms with Crippen LogP contribution in [0.25, 0.3) is 0 Å². The van der Waals surface area contributed by atoms with E-state index in [1.54, 1.807) is 6.07 Å². The average molecular weight is 418 g/mol. The van der Waals surface area contributed by atoms with Crippen molar-refractivity contribution in [3.8, 4) is 5.75 Å². The normalized spacial score (nSPS) is 14.9. The summed E-state index contributed by atoms with van der Waals surface area (Å²) in [6.45, 7) is 0. The van der Waals surface area contributed by atoms with Gasteiger partial charge in [0.05, 0.1) is 23.7 Å². The Morgan fingerprint density at radius 3 is 2.61 bits per heavy atom. The summed E-state index contributed by atoms with van der Waals surface area (Å²) in [6, 6.07) is 18.2. The number of esters is 1. The molecule has 8 heteroatoms. The number of methoxy groups -OCH3 is 1. The fourth-order valence-corrected chi connectivity index (χ4v) is 3.48. The number of hydrogen-bond acceptors (Lipinski definition) is 6. The highest BCUT2D eigenvalue weighted by Gasteiger charge is 2.28. The minimum Gasteiger partial charge on any atom is -0.496 e. The van der Waals surface area contributed by atoms with E-state index in [9.17, 15) is 19.7 Å². The molecular formula is C23H18N2O6. The summed E-state index contributed by atoms with van der Waals surface area (Å²) in [7, 11) is 1.40. The first kappa shape index (κ1) is 20.1. The van der Waals surface area contributed by atoms with Crippen molar-refractivity contribution in [1.82, 2.24) is 0 Å². The van der Waals surface area contributed by atoms with Crippen LogP contribution < -0.4 is 10.1 Å². The molecule has 1 aliphatic rings. The van der Waals surface area contributed by atoms with Crippen molar-refractivity contribution >= 4 is 23.3 Å². The summed E-state index contributed by atoms with van der Waals surface area (Å²) < 4.78 is 10.5. The van der Waals surface area contributed by atoms with Crippen LogP contribution in [0.5, 0.6) is 5.75 Å². The van der Waals surface area contributed by atoms with Crippen LogP contribution in [0.15, 0.2) is 66.7 Å². The lowest BCUT2D eigenvalue weighted by Gasteiger charge is -2.25. The molecule has 0 saturated carbocycles. The highest BCUT2D eigenvalue weighted by atomic mass is 16.6. The third kappa shape index (κ3) is 4.09. The summed E-state index contributed by atoms with van der Waals surface area (Å²) in [4.78, 5) is 36.0. The SMILES string of the molecule is COc1ccc(NC(=O)c2ccc3c(c2)C[C@@H](c2ccccc2)OC3=O)c([N+](=O)[O-])c1. The van der Waals surface area contributed by atoms with E-state index in [2.05, 4.69) is 5.32 Å². The van der Waals surface area contributed by atoms with E-state index >= 15 is 0 Å². The minimum atomic E-state index is -0.592. The van der Waals surface area contributed by atoms with Gasteiger partial charge in [-0.3, -0.25) is 14.9 Å². The van der Waals surface area contributed by atoms with Crippen LogP contribution in [-0.2, 0) is 11.2 Å². The molecule has 1 N–H and O–H groups in total. The number of nitro benzene ring substituents is 1. The van der Waals surface area contributed by atoms with E-state index in [-0.39, 0.29) is 16.9 Å². The molecule has 0 aliphatic carbocycles. The summed E-state index contributed by atoms with van der Waals surface area (Å²) in [5.41, 5.74) is 2.00. The highest BCUT2D eigenvalue weighted by Crippen LogP contribution is 2.32. The highest BCUT2D eigenvalue weighted by molar-refractivity contribution is 6.06. The molecule has 1 heterocycles. The molecule has 1 aliphatic heterocycles. The zero-order valence-electron chi connectivity index (χ0n) is 16.5. The van der Waals surface area contributed by atoms with Gasteiger partial charge in [0.1, 0.15) is 17.5 Å². The van der Waals surface area contributed by atoms with Gasteiger partial charge in [-0.05, 0) is 41.5 Å². The van der Waals surface area contributed by atoms with Crippen molar-refractivity contribution in [2.24, 2.45) is 0 Å². The van der Waals surface area contributed by atoms with E-state index < -0.39 is 22.9 Å². The number of rotatable bonds is 5. The van der Waals surface area contributed by atoms with E-state index in [1.807, 2.05) is 30.3 Å². The van der Waals surface area contributed by atoms with Crippen LogP contribution in [-0.4, -0.2) is 23.9 Å². The molecule has 31 heavy (non-hydrogen) atoms. The van der Waals surface area contributed by atoms with Crippen LogP contribution in [0.4, 0.5) is 11.4 Å². The molecule has 0 fully saturated rings. The maximum Gasteiger partial charge on any atom is 0.339 e. The number of nitrogens with zero attached hydrogens (tertiary/aromatic N) is 1. The number of benzene rings is 3. The molecule has 0 bridgehead atoms. The van der Waals surface area contributed by atoms with Gasteiger partial charge < -0.3 is 14.8 Å². The summed E-state index contributed by atoms with van der Waals surface area (Å²) in [5, 5.41) is 13.9. The van der Waals surface area contributed by atoms with Crippen LogP contribution in [0.1, 0.15) is 37.9 Å². The molecule has 156 valence electrons. The van der Waals surface area contributed by atoms with Crippen LogP contribution in [0, 0.1) is 10.1 Å². The quantitative estimate of drug-likeness (QED) is 0.376. The first-order valence-corrected chi connectivity index (χ1v) is 9.49. The van der Waals surface area contributed by atoms with Crippen molar-refractivity contribution < 1.29 is 24.0 Å². The van der Waals surface area contributed by atoms with E-state index in [0.29, 0.717) is 23.3 Å². The zero-order valence-corrected chi connectivity index (χ0v) is 16.5. The topological polar surface area (TPSA) is 108 Å². The lowest BCUT2D eigenvalue weighted by Crippen LogP contribution is -2.23. The molecular weight excluding hydrogens is 400 g/mol. The van der Waals surface area contributed by atoms with Gasteiger partial charge in [-0.15, -0.1) is 0 Å². The summed E-state index contributed by atoms with van der Waals surface area (Å²) >= 11 is 0. The third-order valence-electron chi connectivity index (χ3n) is 5.06. The second-order valence-corrected chi connectivity index (χ2v) is 6.97. The number of nitro groups is 1. The Labute approximate surface area is 177 Å². The molecule has 8 nitrogen and oxygen atoms in total. The molecule has 0 unspecified atom stereocenters. The van der Waals surface area contributed by atoms with Crippen molar-refractivity contribution in [2.45, 2.75) is 12.5 Å². The van der Waals surface area contributed by atoms with Crippen LogP contribution in [0.2, 0.25) is 0 Å². The first-order chi connectivity index (χ1) is 15.0. The second-order valence-electron chi connectivity index (χ2n) is 6.97. The van der Waals surface area contributed by atoms with Crippen molar-refractivity contribution in [2.75, 3.05) is 12.4 Å². The standard InChI is InChI=1S/C23H18N2O6/c1-30-17-8-10-19(20(13-17)25(28)29)24-22(26)15-7-9-18-16(11-15)12-21(31-23(18)27)14-5-3-2-4-6-14/h2-11,13,21H,12H2,1H3,(H,24,26)/t21-/m0/s1. The second kappa shape index (κ2) is 8.27. The molecule has 3 aromatic rings. The van der Waals surface area contributed by atoms with Gasteiger partial charge in [0.25, 0.3) is 11.6 Å². The molecule has 1 amide bonds. The number of fused-ring (bicyclic) bond motifs is 1. The number of ether oxygens (including phenoxy) is 2. The van der Waals surface area contributed by atoms with E-state index in [1.165, 1.54) is 37.4 Å². The van der Waals surface area contributed by atoms with Gasteiger partial charge in [-0.1, -0.05) is 30.3 Å². The maximum atomic E-state index is 12.8. The molecule has 4 rings (SSSR count). The van der Waals surface area contributed by atoms with Gasteiger partial charge in [0, 0.05) is 12.0 Å². The average Bonchev–Trinajstić information content (AvgIpc) is 2.79. The largest absolute Gasteiger partial charge is 0.496 e. The Morgan fingerprint density at radius 1 is 1.13 bits per heavy atom. The molecule has 0 aromatic heterocycles. The molecule has 0 radical (unpaired) electrons. The van der Waals surface area contributed by atoms with Crippen molar-refractivity contribution in [3.63, 3.8) is 0 Å². The maximum absolute atomic E-state index is 12.8. The number of carbonyl (C=O) groups excluding carboxylic acids is 2. The Hall–Kier alpha value is -4.20. The number of cyclic esters (lactones) is 1. The monoisotopic (exact) mass is 418 g/mol. The fraction of sp³-hybridized carbons (Fsp3) is 0.130. The smallest absolute Gasteiger partial charge is 0.339 e. The third-order valence-corrected chi connectivity index (χ3v) is 5.06. The van der Waals surface area contributed by atoms with Gasteiger partial charge in [-0.2, -0.15) is 0 Å². The van der Waals surface area contributed by atoms with Gasteiger partial charge >= 0.3 is 5.97 Å². The molecule has 1 atom stereocenters. The van der Waals surface area contributed by atoms with Crippen LogP contribution in [0.3, 0.4) is 0 Å².